The molecule has 0 aliphatic carbocycles. The molecule has 0 spiro atoms. The van der Waals surface area contributed by atoms with E-state index >= 15 is 0 Å². The van der Waals surface area contributed by atoms with Crippen molar-refractivity contribution in [2.75, 3.05) is 27.4 Å². The minimum absolute atomic E-state index is 0.179. The summed E-state index contributed by atoms with van der Waals surface area (Å²) in [5.41, 5.74) is 6.68. The van der Waals surface area contributed by atoms with Gasteiger partial charge in [-0.05, 0) is 45.4 Å². The second kappa shape index (κ2) is 16.1. The van der Waals surface area contributed by atoms with Crippen LogP contribution in [0.5, 0.6) is 0 Å². The molecule has 0 radical (unpaired) electrons. The molecule has 1 aromatic heterocycles. The maximum atomic E-state index is 13.3. The molecular formula is C27H37N3O5. The Labute approximate surface area is 207 Å². The predicted molar refractivity (Wildman–Crippen MR) is 139 cm³/mol. The molecule has 1 heterocycles. The lowest BCUT2D eigenvalue weighted by molar-refractivity contribution is -0.119. The minimum Gasteiger partial charge on any atom is -0.504 e. The minimum atomic E-state index is -0.575. The number of pyridine rings is 1. The van der Waals surface area contributed by atoms with Crippen LogP contribution >= 0.6 is 0 Å². The van der Waals surface area contributed by atoms with Crippen molar-refractivity contribution in [1.82, 2.24) is 9.88 Å². The summed E-state index contributed by atoms with van der Waals surface area (Å²) in [6.45, 7) is 7.00. The third-order valence-corrected chi connectivity index (χ3v) is 5.12. The fraction of sp³-hybridized carbons (Fsp3) is 0.407. The first-order chi connectivity index (χ1) is 16.8. The summed E-state index contributed by atoms with van der Waals surface area (Å²) in [5, 5.41) is 4.43. The van der Waals surface area contributed by atoms with Crippen molar-refractivity contribution in [1.29, 1.82) is 0 Å². The largest absolute Gasteiger partial charge is 0.504 e. The lowest BCUT2D eigenvalue weighted by Gasteiger charge is -2.14. The summed E-state index contributed by atoms with van der Waals surface area (Å²) in [6.07, 6.45) is 16.8. The van der Waals surface area contributed by atoms with Crippen molar-refractivity contribution in [2.45, 2.75) is 46.3 Å². The molecule has 1 atom stereocenters. The highest BCUT2D eigenvalue weighted by Gasteiger charge is 2.11. The van der Waals surface area contributed by atoms with Crippen LogP contribution < -0.4 is 27.2 Å². The normalized spacial score (nSPS) is 14.3. The smallest absolute Gasteiger partial charge is 0.255 e. The molecule has 0 saturated heterocycles. The molecular weight excluding hydrogens is 446 g/mol. The highest BCUT2D eigenvalue weighted by atomic mass is 16.5. The Bertz CT molecular complexity index is 1150. The SMILES string of the molecule is C#C/C=c1/cc(CNC(C)C(N)=O)c(=O)n(CCOCC)/c1=C/C/C(C)=C/C=C(\C=C\OC)OC. The van der Waals surface area contributed by atoms with Gasteiger partial charge in [-0.15, -0.1) is 6.42 Å². The average molecular weight is 484 g/mol. The Kier molecular flexibility index (Phi) is 13.6. The van der Waals surface area contributed by atoms with E-state index in [0.717, 1.165) is 10.8 Å². The highest BCUT2D eigenvalue weighted by Crippen LogP contribution is 2.05. The van der Waals surface area contributed by atoms with E-state index in [2.05, 4.69) is 11.2 Å². The molecule has 8 heteroatoms. The number of primary amides is 1. The van der Waals surface area contributed by atoms with Crippen molar-refractivity contribution in [3.05, 3.63) is 68.4 Å². The molecule has 0 aliphatic heterocycles. The van der Waals surface area contributed by atoms with Crippen molar-refractivity contribution in [3.8, 4) is 12.3 Å². The van der Waals surface area contributed by atoms with E-state index < -0.39 is 11.9 Å². The summed E-state index contributed by atoms with van der Waals surface area (Å²) in [7, 11) is 3.15. The van der Waals surface area contributed by atoms with Gasteiger partial charge in [0.05, 0.1) is 33.1 Å². The van der Waals surface area contributed by atoms with Crippen molar-refractivity contribution in [3.63, 3.8) is 0 Å². The van der Waals surface area contributed by atoms with E-state index in [-0.39, 0.29) is 12.1 Å². The molecule has 0 bridgehead atoms. The van der Waals surface area contributed by atoms with E-state index in [4.69, 9.17) is 26.4 Å². The lowest BCUT2D eigenvalue weighted by atomic mass is 10.1. The third kappa shape index (κ3) is 10.1. The van der Waals surface area contributed by atoms with Crippen LogP contribution in [0.2, 0.25) is 0 Å². The number of nitrogens with zero attached hydrogens (tertiary/aromatic N) is 1. The first-order valence-corrected chi connectivity index (χ1v) is 11.4. The Morgan fingerprint density at radius 2 is 2.09 bits per heavy atom. The number of terminal acetylenes is 1. The zero-order valence-electron chi connectivity index (χ0n) is 21.3. The number of allylic oxidation sites excluding steroid dienone is 4. The Morgan fingerprint density at radius 1 is 1.34 bits per heavy atom. The Morgan fingerprint density at radius 3 is 2.69 bits per heavy atom. The van der Waals surface area contributed by atoms with Crippen LogP contribution in [0.4, 0.5) is 0 Å². The van der Waals surface area contributed by atoms with Gasteiger partial charge in [0, 0.05) is 41.9 Å². The molecule has 3 N–H and O–H groups in total. The van der Waals surface area contributed by atoms with E-state index in [0.29, 0.717) is 42.9 Å². The molecule has 0 aromatic carbocycles. The van der Waals surface area contributed by atoms with Gasteiger partial charge in [0.15, 0.2) is 0 Å². The van der Waals surface area contributed by atoms with E-state index in [1.54, 1.807) is 43.9 Å². The lowest BCUT2D eigenvalue weighted by Crippen LogP contribution is -2.47. The molecule has 35 heavy (non-hydrogen) atoms. The zero-order valence-corrected chi connectivity index (χ0v) is 21.3. The number of hydrogen-bond acceptors (Lipinski definition) is 6. The van der Waals surface area contributed by atoms with Crippen LogP contribution in [0, 0.1) is 12.3 Å². The average Bonchev–Trinajstić information content (AvgIpc) is 2.84. The van der Waals surface area contributed by atoms with Gasteiger partial charge < -0.3 is 29.8 Å². The fourth-order valence-electron chi connectivity index (χ4n) is 3.08. The van der Waals surface area contributed by atoms with E-state index in [1.165, 1.54) is 6.26 Å². The van der Waals surface area contributed by atoms with Crippen molar-refractivity contribution < 1.29 is 19.0 Å². The van der Waals surface area contributed by atoms with Gasteiger partial charge >= 0.3 is 0 Å². The number of amides is 1. The van der Waals surface area contributed by atoms with Gasteiger partial charge in [0.1, 0.15) is 5.76 Å². The number of hydrogen-bond donors (Lipinski definition) is 2. The van der Waals surface area contributed by atoms with Crippen LogP contribution in [0.1, 0.15) is 32.8 Å². The van der Waals surface area contributed by atoms with Crippen molar-refractivity contribution in [2.24, 2.45) is 5.73 Å². The standard InChI is InChI=1S/C27H37N3O5/c1-7-9-22-18-23(19-29-21(4)26(28)31)27(32)30(15-17-35-8-2)25(22)13-11-20(3)10-12-24(34-6)14-16-33-5/h1,9-10,12-14,16,18,21,29H,8,11,15,17,19H2,2-6H3,(H2,28,31)/b16-14+,20-10+,22-9-,24-12+,25-13+. The summed E-state index contributed by atoms with van der Waals surface area (Å²) < 4.78 is 17.4. The third-order valence-electron chi connectivity index (χ3n) is 5.12. The molecule has 1 aromatic rings. The molecule has 8 nitrogen and oxygen atoms in total. The van der Waals surface area contributed by atoms with Crippen LogP contribution in [-0.2, 0) is 32.1 Å². The number of rotatable bonds is 14. The van der Waals surface area contributed by atoms with Gasteiger partial charge in [0.25, 0.3) is 5.56 Å². The van der Waals surface area contributed by atoms with E-state index in [1.807, 2.05) is 32.1 Å². The quantitative estimate of drug-likeness (QED) is 0.178. The van der Waals surface area contributed by atoms with Crippen LogP contribution in [-0.4, -0.2) is 43.9 Å². The second-order valence-electron chi connectivity index (χ2n) is 7.71. The van der Waals surface area contributed by atoms with Crippen LogP contribution in [0.3, 0.4) is 0 Å². The summed E-state index contributed by atoms with van der Waals surface area (Å²) in [4.78, 5) is 24.7. The van der Waals surface area contributed by atoms with Gasteiger partial charge in [-0.25, -0.2) is 0 Å². The maximum Gasteiger partial charge on any atom is 0.255 e. The van der Waals surface area contributed by atoms with Gasteiger partial charge in [0.2, 0.25) is 5.91 Å². The van der Waals surface area contributed by atoms with Crippen molar-refractivity contribution >= 4 is 18.1 Å². The Balaban J connectivity index is 3.51. The highest BCUT2D eigenvalue weighted by molar-refractivity contribution is 5.79. The summed E-state index contributed by atoms with van der Waals surface area (Å²) in [6, 6.07) is 1.18. The fourth-order valence-corrected chi connectivity index (χ4v) is 3.08. The van der Waals surface area contributed by atoms with Gasteiger partial charge in [-0.2, -0.15) is 0 Å². The number of carbonyl (C=O) groups is 1. The molecule has 1 amide bonds. The number of aromatic nitrogens is 1. The number of nitrogens with one attached hydrogen (secondary N) is 1. The summed E-state index contributed by atoms with van der Waals surface area (Å²) >= 11 is 0. The zero-order chi connectivity index (χ0) is 26.2. The first-order valence-electron chi connectivity index (χ1n) is 11.4. The molecule has 1 rings (SSSR count). The van der Waals surface area contributed by atoms with E-state index in [9.17, 15) is 9.59 Å². The molecule has 0 saturated carbocycles. The number of nitrogens with two attached hydrogens (primary N) is 1. The summed E-state index contributed by atoms with van der Waals surface area (Å²) in [5.74, 6) is 2.71. The number of ether oxygens (including phenoxy) is 3. The molecule has 0 aliphatic rings. The predicted octanol–water partition coefficient (Wildman–Crippen LogP) is 1.07. The van der Waals surface area contributed by atoms with Crippen LogP contribution in [0.25, 0.3) is 12.2 Å². The number of carbonyl (C=O) groups excluding carboxylic acids is 1. The monoisotopic (exact) mass is 483 g/mol. The maximum absolute atomic E-state index is 13.3. The molecule has 190 valence electrons. The van der Waals surface area contributed by atoms with Crippen LogP contribution in [0.15, 0.2) is 46.7 Å². The molecule has 0 fully saturated rings. The topological polar surface area (TPSA) is 105 Å². The van der Waals surface area contributed by atoms with Gasteiger partial charge in [-0.1, -0.05) is 23.6 Å². The molecule has 1 unspecified atom stereocenters. The Hall–Kier alpha value is -3.54. The van der Waals surface area contributed by atoms with Gasteiger partial charge in [-0.3, -0.25) is 9.59 Å². The first kappa shape index (κ1) is 29.5. The second-order valence-corrected chi connectivity index (χ2v) is 7.71. The number of methoxy groups -OCH3 is 2.